The van der Waals surface area contributed by atoms with Crippen molar-refractivity contribution in [3.05, 3.63) is 24.0 Å². The van der Waals surface area contributed by atoms with Crippen LogP contribution in [0.5, 0.6) is 0 Å². The van der Waals surface area contributed by atoms with Gasteiger partial charge in [0.2, 0.25) is 5.96 Å². The van der Waals surface area contributed by atoms with Crippen molar-refractivity contribution in [2.75, 3.05) is 0 Å². The molecule has 1 aromatic rings. The Kier molecular flexibility index (Phi) is 3.04. The van der Waals surface area contributed by atoms with Crippen molar-refractivity contribution in [3.8, 4) is 0 Å². The molecule has 1 rings (SSSR count). The van der Waals surface area contributed by atoms with Crippen LogP contribution in [0.2, 0.25) is 0 Å². The number of rotatable bonds is 2. The lowest BCUT2D eigenvalue weighted by atomic mass is 10.5. The molecule has 1 aromatic heterocycles. The van der Waals surface area contributed by atoms with E-state index in [1.807, 2.05) is 29.9 Å². The standard InChI is InChI=1S/C7H11N5O/c1-12-4-2-3-6(12)5-9-10-7(8)11-13/h2-5,13H,1H3,(H3,8,10,11)/b9-5-. The maximum atomic E-state index is 8.26. The molecular formula is C7H11N5O. The quantitative estimate of drug-likeness (QED) is 0.331. The van der Waals surface area contributed by atoms with Crippen molar-refractivity contribution >= 4 is 12.2 Å². The number of hydrogen-bond donors (Lipinski definition) is 3. The highest BCUT2D eigenvalue weighted by atomic mass is 16.5. The van der Waals surface area contributed by atoms with E-state index in [0.717, 1.165) is 5.69 Å². The average molecular weight is 181 g/mol. The van der Waals surface area contributed by atoms with E-state index in [-0.39, 0.29) is 5.96 Å². The van der Waals surface area contributed by atoms with Crippen LogP contribution in [0.25, 0.3) is 0 Å². The van der Waals surface area contributed by atoms with Crippen LogP contribution >= 0.6 is 0 Å². The topological polar surface area (TPSA) is 87.9 Å². The monoisotopic (exact) mass is 181 g/mol. The minimum Gasteiger partial charge on any atom is -0.367 e. The number of nitrogens with zero attached hydrogens (tertiary/aromatic N) is 3. The molecule has 0 fully saturated rings. The smallest absolute Gasteiger partial charge is 0.237 e. The molecule has 0 aliphatic rings. The molecule has 4 N–H and O–H groups in total. The third-order valence-corrected chi connectivity index (χ3v) is 1.45. The summed E-state index contributed by atoms with van der Waals surface area (Å²) in [7, 11) is 1.89. The van der Waals surface area contributed by atoms with Crippen LogP contribution in [0.1, 0.15) is 5.69 Å². The molecule has 0 saturated carbocycles. The van der Waals surface area contributed by atoms with Crippen molar-refractivity contribution in [1.82, 2.24) is 10.0 Å². The van der Waals surface area contributed by atoms with Crippen LogP contribution in [0.15, 0.2) is 28.5 Å². The Bertz CT molecular complexity index is 327. The van der Waals surface area contributed by atoms with Gasteiger partial charge in [-0.1, -0.05) is 0 Å². The van der Waals surface area contributed by atoms with Gasteiger partial charge in [-0.15, -0.1) is 5.10 Å². The lowest BCUT2D eigenvalue weighted by Crippen LogP contribution is -2.27. The van der Waals surface area contributed by atoms with Crippen molar-refractivity contribution in [2.45, 2.75) is 0 Å². The molecule has 0 radical (unpaired) electrons. The molecule has 0 bridgehead atoms. The minimum atomic E-state index is -0.148. The summed E-state index contributed by atoms with van der Waals surface area (Å²) in [6.07, 6.45) is 3.42. The zero-order valence-electron chi connectivity index (χ0n) is 7.18. The summed E-state index contributed by atoms with van der Waals surface area (Å²) in [6, 6.07) is 3.76. The molecule has 0 spiro atoms. The summed E-state index contributed by atoms with van der Waals surface area (Å²) in [6.45, 7) is 0. The van der Waals surface area contributed by atoms with Gasteiger partial charge in [-0.3, -0.25) is 5.21 Å². The van der Waals surface area contributed by atoms with Crippen LogP contribution in [0, 0.1) is 0 Å². The van der Waals surface area contributed by atoms with Crippen LogP contribution in [0.4, 0.5) is 0 Å². The summed E-state index contributed by atoms with van der Waals surface area (Å²) in [4.78, 5) is 0. The fourth-order valence-corrected chi connectivity index (χ4v) is 0.781. The third-order valence-electron chi connectivity index (χ3n) is 1.45. The van der Waals surface area contributed by atoms with Gasteiger partial charge in [0.25, 0.3) is 0 Å². The van der Waals surface area contributed by atoms with Crippen LogP contribution < -0.4 is 11.2 Å². The molecule has 0 atom stereocenters. The molecule has 0 aliphatic heterocycles. The Balaban J connectivity index is 2.64. The molecule has 70 valence electrons. The van der Waals surface area contributed by atoms with Gasteiger partial charge in [-0.2, -0.15) is 5.10 Å². The molecular weight excluding hydrogens is 170 g/mol. The van der Waals surface area contributed by atoms with Gasteiger partial charge in [0.05, 0.1) is 11.9 Å². The first-order chi connectivity index (χ1) is 6.24. The first kappa shape index (κ1) is 9.27. The summed E-state index contributed by atoms with van der Waals surface area (Å²) in [5, 5.41) is 15.3. The number of hydrogen-bond acceptors (Lipinski definition) is 3. The van der Waals surface area contributed by atoms with Crippen molar-refractivity contribution < 1.29 is 5.21 Å². The summed E-state index contributed by atoms with van der Waals surface area (Å²) in [5.41, 5.74) is 7.68. The molecule has 6 heteroatoms. The second kappa shape index (κ2) is 4.27. The first-order valence-electron chi connectivity index (χ1n) is 3.62. The van der Waals surface area contributed by atoms with E-state index in [0.29, 0.717) is 0 Å². The SMILES string of the molecule is Cn1cccc1/C=N\N=C(N)NO. The number of nitrogens with two attached hydrogens (primary N) is 1. The molecule has 6 nitrogen and oxygen atoms in total. The fourth-order valence-electron chi connectivity index (χ4n) is 0.781. The normalized spacial score (nSPS) is 12.3. The van der Waals surface area contributed by atoms with E-state index in [4.69, 9.17) is 10.9 Å². The van der Waals surface area contributed by atoms with E-state index in [2.05, 4.69) is 10.2 Å². The number of nitrogens with one attached hydrogen (secondary N) is 1. The Labute approximate surface area is 75.3 Å². The van der Waals surface area contributed by atoms with Gasteiger partial charge in [-0.25, -0.2) is 5.48 Å². The molecule has 13 heavy (non-hydrogen) atoms. The van der Waals surface area contributed by atoms with E-state index in [1.165, 1.54) is 6.21 Å². The highest BCUT2D eigenvalue weighted by molar-refractivity contribution is 5.80. The Hall–Kier alpha value is -1.82. The summed E-state index contributed by atoms with van der Waals surface area (Å²) in [5.74, 6) is -0.148. The number of aromatic nitrogens is 1. The first-order valence-corrected chi connectivity index (χ1v) is 3.62. The lowest BCUT2D eigenvalue weighted by molar-refractivity contribution is 0.232. The largest absolute Gasteiger partial charge is 0.367 e. The van der Waals surface area contributed by atoms with Gasteiger partial charge < -0.3 is 10.3 Å². The second-order valence-corrected chi connectivity index (χ2v) is 2.39. The number of guanidine groups is 1. The zero-order chi connectivity index (χ0) is 9.68. The van der Waals surface area contributed by atoms with E-state index >= 15 is 0 Å². The molecule has 1 heterocycles. The number of hydroxylamine groups is 1. The van der Waals surface area contributed by atoms with Crippen molar-refractivity contribution in [3.63, 3.8) is 0 Å². The lowest BCUT2D eigenvalue weighted by Gasteiger charge is -1.93. The Morgan fingerprint density at radius 2 is 2.54 bits per heavy atom. The van der Waals surface area contributed by atoms with Gasteiger partial charge in [0.1, 0.15) is 0 Å². The molecule has 0 aromatic carbocycles. The average Bonchev–Trinajstić information content (AvgIpc) is 2.52. The third kappa shape index (κ3) is 2.60. The van der Waals surface area contributed by atoms with E-state index in [1.54, 1.807) is 5.48 Å². The van der Waals surface area contributed by atoms with Crippen molar-refractivity contribution in [2.24, 2.45) is 23.0 Å². The van der Waals surface area contributed by atoms with Crippen LogP contribution in [0.3, 0.4) is 0 Å². The Morgan fingerprint density at radius 1 is 1.77 bits per heavy atom. The van der Waals surface area contributed by atoms with Crippen LogP contribution in [-0.4, -0.2) is 21.9 Å². The van der Waals surface area contributed by atoms with Crippen molar-refractivity contribution in [1.29, 1.82) is 0 Å². The molecule has 0 aliphatic carbocycles. The van der Waals surface area contributed by atoms with Gasteiger partial charge >= 0.3 is 0 Å². The zero-order valence-corrected chi connectivity index (χ0v) is 7.18. The van der Waals surface area contributed by atoms with Gasteiger partial charge in [0, 0.05) is 13.2 Å². The summed E-state index contributed by atoms with van der Waals surface area (Å²) < 4.78 is 1.88. The van der Waals surface area contributed by atoms with Crippen LogP contribution in [-0.2, 0) is 7.05 Å². The predicted octanol–water partition coefficient (Wildman–Crippen LogP) is -0.347. The maximum Gasteiger partial charge on any atom is 0.237 e. The Morgan fingerprint density at radius 3 is 3.08 bits per heavy atom. The predicted molar refractivity (Wildman–Crippen MR) is 49.6 cm³/mol. The highest BCUT2D eigenvalue weighted by Gasteiger charge is 1.90. The fraction of sp³-hybridized carbons (Fsp3) is 0.143. The highest BCUT2D eigenvalue weighted by Crippen LogP contribution is 1.94. The molecule has 0 unspecified atom stereocenters. The van der Waals surface area contributed by atoms with Gasteiger partial charge in [0.15, 0.2) is 0 Å². The van der Waals surface area contributed by atoms with Gasteiger partial charge in [-0.05, 0) is 12.1 Å². The number of aryl methyl sites for hydroxylation is 1. The minimum absolute atomic E-state index is 0.148. The summed E-state index contributed by atoms with van der Waals surface area (Å²) >= 11 is 0. The molecule has 0 amide bonds. The van der Waals surface area contributed by atoms with E-state index < -0.39 is 0 Å². The maximum absolute atomic E-state index is 8.26. The second-order valence-electron chi connectivity index (χ2n) is 2.39. The van der Waals surface area contributed by atoms with E-state index in [9.17, 15) is 0 Å². The molecule has 0 saturated heterocycles.